The minimum Gasteiger partial charge on any atom is -0.351 e. The number of nitrogens with zero attached hydrogens (tertiary/aromatic N) is 4. The quantitative estimate of drug-likeness (QED) is 0.339. The third kappa shape index (κ3) is 7.43. The number of likely N-dealkylation sites (tertiary alicyclic amines) is 2. The van der Waals surface area contributed by atoms with Gasteiger partial charge in [-0.3, -0.25) is 9.59 Å². The molecule has 3 N–H and O–H groups in total. The van der Waals surface area contributed by atoms with Gasteiger partial charge in [-0.2, -0.15) is 0 Å². The molecule has 8 nitrogen and oxygen atoms in total. The second-order valence-electron chi connectivity index (χ2n) is 11.0. The molecule has 2 aliphatic heterocycles. The minimum absolute atomic E-state index is 0.00130. The molecule has 0 spiro atoms. The lowest BCUT2D eigenvalue weighted by Crippen LogP contribution is -2.48. The van der Waals surface area contributed by atoms with Crippen LogP contribution in [0.15, 0.2) is 60.8 Å². The third-order valence-electron chi connectivity index (χ3n) is 8.17. The molecule has 2 amide bonds. The zero-order valence-corrected chi connectivity index (χ0v) is 24.2. The van der Waals surface area contributed by atoms with Crippen molar-refractivity contribution in [1.29, 1.82) is 0 Å². The molecule has 2 saturated heterocycles. The summed E-state index contributed by atoms with van der Waals surface area (Å²) in [5.41, 5.74) is 9.40. The Labute approximate surface area is 247 Å². The van der Waals surface area contributed by atoms with Gasteiger partial charge in [-0.25, -0.2) is 9.97 Å². The number of aromatic nitrogens is 2. The van der Waals surface area contributed by atoms with Crippen molar-refractivity contribution >= 4 is 29.4 Å². The zero-order valence-electron chi connectivity index (χ0n) is 23.5. The largest absolute Gasteiger partial charge is 0.351 e. The number of piperidine rings is 2. The van der Waals surface area contributed by atoms with Crippen LogP contribution < -0.4 is 11.1 Å². The van der Waals surface area contributed by atoms with E-state index < -0.39 is 0 Å². The van der Waals surface area contributed by atoms with E-state index >= 15 is 0 Å². The fraction of sp³-hybridized carbons (Fsp3) is 0.438. The van der Waals surface area contributed by atoms with Crippen LogP contribution in [0.1, 0.15) is 44.9 Å². The van der Waals surface area contributed by atoms with E-state index in [4.69, 9.17) is 22.3 Å². The normalized spacial score (nSPS) is 16.5. The monoisotopic (exact) mass is 574 g/mol. The van der Waals surface area contributed by atoms with Crippen LogP contribution in [0.3, 0.4) is 0 Å². The number of carbonyl (C=O) groups is 2. The van der Waals surface area contributed by atoms with E-state index in [0.717, 1.165) is 55.2 Å². The first-order chi connectivity index (χ1) is 20.0. The van der Waals surface area contributed by atoms with E-state index in [1.165, 1.54) is 0 Å². The summed E-state index contributed by atoms with van der Waals surface area (Å²) in [5, 5.41) is 3.98. The van der Waals surface area contributed by atoms with Crippen LogP contribution in [-0.4, -0.2) is 70.3 Å². The van der Waals surface area contributed by atoms with Crippen LogP contribution in [0.4, 0.5) is 5.95 Å². The number of carbonyl (C=O) groups excluding carboxylic acids is 2. The molecule has 41 heavy (non-hydrogen) atoms. The molecule has 2 fully saturated rings. The van der Waals surface area contributed by atoms with Crippen molar-refractivity contribution in [3.8, 4) is 22.4 Å². The molecule has 1 aromatic heterocycles. The summed E-state index contributed by atoms with van der Waals surface area (Å²) in [6.45, 7) is 3.36. The van der Waals surface area contributed by atoms with E-state index in [2.05, 4.69) is 34.6 Å². The van der Waals surface area contributed by atoms with Crippen molar-refractivity contribution in [1.82, 2.24) is 19.8 Å². The highest BCUT2D eigenvalue weighted by atomic mass is 35.5. The van der Waals surface area contributed by atoms with Crippen molar-refractivity contribution in [2.24, 2.45) is 11.7 Å². The SMILES string of the molecule is NCCCCC(=O)N1CCC(C(=O)N2CCC(Nc3ncc(Cl)c(-c4cccc(-c5ccccc5)c4)n3)CC2)CC1. The smallest absolute Gasteiger partial charge is 0.225 e. The molecule has 216 valence electrons. The number of nitrogens with one attached hydrogen (secondary N) is 1. The molecule has 2 aromatic carbocycles. The Kier molecular flexibility index (Phi) is 9.85. The van der Waals surface area contributed by atoms with Gasteiger partial charge in [0.2, 0.25) is 17.8 Å². The van der Waals surface area contributed by atoms with Crippen molar-refractivity contribution in [2.75, 3.05) is 38.0 Å². The summed E-state index contributed by atoms with van der Waals surface area (Å²) in [6, 6.07) is 18.6. The number of anilines is 1. The standard InChI is InChI=1S/C32H39ClN6O2/c33-28-22-35-32(37-30(28)26-10-6-9-25(21-26)23-7-2-1-3-8-23)36-27-14-19-39(20-15-27)31(41)24-12-17-38(18-13-24)29(40)11-4-5-16-34/h1-3,6-10,21-22,24,27H,4-5,11-20,34H2,(H,35,36,37). The van der Waals surface area contributed by atoms with Gasteiger partial charge in [0.15, 0.2) is 0 Å². The highest BCUT2D eigenvalue weighted by molar-refractivity contribution is 6.32. The summed E-state index contributed by atoms with van der Waals surface area (Å²) in [4.78, 5) is 38.7. The van der Waals surface area contributed by atoms with E-state index in [0.29, 0.717) is 55.8 Å². The summed E-state index contributed by atoms with van der Waals surface area (Å²) in [7, 11) is 0. The van der Waals surface area contributed by atoms with E-state index in [1.54, 1.807) is 6.20 Å². The number of unbranched alkanes of at least 4 members (excludes halogenated alkanes) is 1. The molecule has 0 aliphatic carbocycles. The van der Waals surface area contributed by atoms with Gasteiger partial charge in [-0.15, -0.1) is 0 Å². The van der Waals surface area contributed by atoms with Gasteiger partial charge in [0.05, 0.1) is 16.9 Å². The minimum atomic E-state index is 0.00130. The molecule has 0 atom stereocenters. The highest BCUT2D eigenvalue weighted by Crippen LogP contribution is 2.30. The van der Waals surface area contributed by atoms with Crippen LogP contribution in [0.2, 0.25) is 5.02 Å². The molecule has 0 unspecified atom stereocenters. The molecule has 5 rings (SSSR count). The predicted molar refractivity (Wildman–Crippen MR) is 163 cm³/mol. The van der Waals surface area contributed by atoms with Gasteiger partial charge in [0.1, 0.15) is 0 Å². The Morgan fingerprint density at radius 1 is 0.878 bits per heavy atom. The van der Waals surface area contributed by atoms with Gasteiger partial charge >= 0.3 is 0 Å². The fourth-order valence-electron chi connectivity index (χ4n) is 5.76. The number of hydrogen-bond acceptors (Lipinski definition) is 6. The van der Waals surface area contributed by atoms with Gasteiger partial charge in [-0.1, -0.05) is 60.1 Å². The predicted octanol–water partition coefficient (Wildman–Crippen LogP) is 5.23. The maximum atomic E-state index is 13.2. The Balaban J connectivity index is 1.13. The molecule has 9 heteroatoms. The first-order valence-corrected chi connectivity index (χ1v) is 15.1. The summed E-state index contributed by atoms with van der Waals surface area (Å²) < 4.78 is 0. The first-order valence-electron chi connectivity index (χ1n) is 14.7. The fourth-order valence-corrected chi connectivity index (χ4v) is 5.96. The number of halogens is 1. The van der Waals surface area contributed by atoms with Crippen molar-refractivity contribution < 1.29 is 9.59 Å². The molecule has 3 aromatic rings. The van der Waals surface area contributed by atoms with Gasteiger partial charge in [-0.05, 0) is 62.3 Å². The second-order valence-corrected chi connectivity index (χ2v) is 11.4. The number of benzene rings is 2. The maximum Gasteiger partial charge on any atom is 0.225 e. The summed E-state index contributed by atoms with van der Waals surface area (Å²) in [6.07, 6.45) is 7.05. The maximum absolute atomic E-state index is 13.2. The molecule has 0 bridgehead atoms. The third-order valence-corrected chi connectivity index (χ3v) is 8.45. The van der Waals surface area contributed by atoms with E-state index in [1.807, 2.05) is 40.1 Å². The van der Waals surface area contributed by atoms with Crippen LogP contribution >= 0.6 is 11.6 Å². The molecule has 2 aliphatic rings. The van der Waals surface area contributed by atoms with Crippen LogP contribution in [0.5, 0.6) is 0 Å². The summed E-state index contributed by atoms with van der Waals surface area (Å²) >= 11 is 6.53. The average Bonchev–Trinajstić information content (AvgIpc) is 3.02. The molecule has 3 heterocycles. The van der Waals surface area contributed by atoms with Gasteiger partial charge < -0.3 is 20.9 Å². The summed E-state index contributed by atoms with van der Waals surface area (Å²) in [5.74, 6) is 0.957. The molecule has 0 saturated carbocycles. The van der Waals surface area contributed by atoms with Crippen LogP contribution in [0.25, 0.3) is 22.4 Å². The lowest BCUT2D eigenvalue weighted by molar-refractivity contribution is -0.141. The van der Waals surface area contributed by atoms with E-state index in [9.17, 15) is 9.59 Å². The average molecular weight is 575 g/mol. The second kappa shape index (κ2) is 13.9. The molecule has 0 radical (unpaired) electrons. The Bertz CT molecular complexity index is 1320. The lowest BCUT2D eigenvalue weighted by Gasteiger charge is -2.37. The topological polar surface area (TPSA) is 104 Å². The highest BCUT2D eigenvalue weighted by Gasteiger charge is 2.32. The van der Waals surface area contributed by atoms with Gasteiger partial charge in [0, 0.05) is 50.1 Å². The number of hydrogen-bond donors (Lipinski definition) is 2. The van der Waals surface area contributed by atoms with Crippen LogP contribution in [-0.2, 0) is 9.59 Å². The molecular weight excluding hydrogens is 536 g/mol. The Morgan fingerprint density at radius 3 is 2.29 bits per heavy atom. The van der Waals surface area contributed by atoms with Crippen molar-refractivity contribution in [3.63, 3.8) is 0 Å². The van der Waals surface area contributed by atoms with Gasteiger partial charge in [0.25, 0.3) is 0 Å². The van der Waals surface area contributed by atoms with Crippen molar-refractivity contribution in [3.05, 3.63) is 65.8 Å². The number of amides is 2. The van der Waals surface area contributed by atoms with Crippen molar-refractivity contribution in [2.45, 2.75) is 51.0 Å². The Hall–Kier alpha value is -3.49. The van der Waals surface area contributed by atoms with Crippen LogP contribution in [0, 0.1) is 5.92 Å². The lowest BCUT2D eigenvalue weighted by atomic mass is 9.93. The molecular formula is C32H39ClN6O2. The zero-order chi connectivity index (χ0) is 28.6. The van der Waals surface area contributed by atoms with E-state index in [-0.39, 0.29) is 23.8 Å². The number of nitrogens with two attached hydrogens (primary N) is 1. The Morgan fingerprint density at radius 2 is 1.56 bits per heavy atom. The first kappa shape index (κ1) is 29.0. The number of rotatable bonds is 9.